The molecule has 5 rings (SSSR count). The molecule has 1 aromatic heterocycles. The molecule has 152 valence electrons. The Morgan fingerprint density at radius 1 is 0.839 bits per heavy atom. The minimum Gasteiger partial charge on any atom is -0.380 e. The Bertz CT molecular complexity index is 1540. The van der Waals surface area contributed by atoms with Gasteiger partial charge in [-0.3, -0.25) is 4.79 Å². The highest BCUT2D eigenvalue weighted by molar-refractivity contribution is 5.91. The number of benzene rings is 4. The number of hydrogen-bond acceptors (Lipinski definition) is 3. The predicted octanol–water partition coefficient (Wildman–Crippen LogP) is 4.65. The van der Waals surface area contributed by atoms with E-state index in [4.69, 9.17) is 4.74 Å². The Morgan fingerprint density at radius 3 is 2.48 bits per heavy atom. The van der Waals surface area contributed by atoms with Crippen LogP contribution < -0.4 is 11.2 Å². The molecule has 0 saturated heterocycles. The third-order valence-corrected chi connectivity index (χ3v) is 5.53. The van der Waals surface area contributed by atoms with Gasteiger partial charge in [0.2, 0.25) is 0 Å². The summed E-state index contributed by atoms with van der Waals surface area (Å²) in [6.45, 7) is 0.480. The number of nitrogens with one attached hydrogen (secondary N) is 1. The predicted molar refractivity (Wildman–Crippen MR) is 124 cm³/mol. The van der Waals surface area contributed by atoms with Gasteiger partial charge in [0.1, 0.15) is 0 Å². The highest BCUT2D eigenvalue weighted by Crippen LogP contribution is 2.26. The van der Waals surface area contributed by atoms with Crippen LogP contribution in [0.5, 0.6) is 0 Å². The molecule has 5 aromatic rings. The second kappa shape index (κ2) is 7.70. The van der Waals surface area contributed by atoms with Gasteiger partial charge in [0.25, 0.3) is 5.56 Å². The zero-order valence-electron chi connectivity index (χ0n) is 17.0. The fourth-order valence-electron chi connectivity index (χ4n) is 4.09. The molecule has 0 amide bonds. The second-order valence-electron chi connectivity index (χ2n) is 7.42. The topological polar surface area (TPSA) is 64.1 Å². The zero-order chi connectivity index (χ0) is 21.4. The van der Waals surface area contributed by atoms with Crippen LogP contribution in [0.25, 0.3) is 38.5 Å². The average Bonchev–Trinajstić information content (AvgIpc) is 2.79. The summed E-state index contributed by atoms with van der Waals surface area (Å²) in [4.78, 5) is 29.2. The molecule has 0 aliphatic heterocycles. The second-order valence-corrected chi connectivity index (χ2v) is 7.42. The third kappa shape index (κ3) is 3.25. The quantitative estimate of drug-likeness (QED) is 0.471. The fraction of sp³-hybridized carbons (Fsp3) is 0.0769. The number of H-pyrrole nitrogens is 1. The zero-order valence-corrected chi connectivity index (χ0v) is 17.0. The van der Waals surface area contributed by atoms with Gasteiger partial charge in [0.05, 0.1) is 23.2 Å². The minimum absolute atomic E-state index is 0.341. The van der Waals surface area contributed by atoms with E-state index in [9.17, 15) is 9.59 Å². The van der Waals surface area contributed by atoms with Crippen molar-refractivity contribution in [1.82, 2.24) is 9.55 Å². The van der Waals surface area contributed by atoms with Gasteiger partial charge in [0.15, 0.2) is 0 Å². The van der Waals surface area contributed by atoms with Gasteiger partial charge in [-0.15, -0.1) is 0 Å². The molecular weight excluding hydrogens is 388 g/mol. The van der Waals surface area contributed by atoms with Crippen LogP contribution in [0.2, 0.25) is 0 Å². The first-order valence-electron chi connectivity index (χ1n) is 10.0. The molecule has 0 bridgehead atoms. The van der Waals surface area contributed by atoms with Crippen molar-refractivity contribution in [2.24, 2.45) is 0 Å². The molecule has 1 N–H and O–H groups in total. The summed E-state index contributed by atoms with van der Waals surface area (Å²) in [5, 5.41) is 2.28. The maximum absolute atomic E-state index is 13.3. The van der Waals surface area contributed by atoms with Crippen LogP contribution in [0, 0.1) is 0 Å². The highest BCUT2D eigenvalue weighted by atomic mass is 16.5. The van der Waals surface area contributed by atoms with Gasteiger partial charge in [0, 0.05) is 12.5 Å². The Morgan fingerprint density at radius 2 is 1.61 bits per heavy atom. The molecule has 5 heteroatoms. The van der Waals surface area contributed by atoms with Crippen molar-refractivity contribution >= 4 is 21.7 Å². The molecule has 0 saturated carbocycles. The van der Waals surface area contributed by atoms with Gasteiger partial charge in [-0.2, -0.15) is 0 Å². The minimum atomic E-state index is -0.462. The summed E-state index contributed by atoms with van der Waals surface area (Å²) in [5.74, 6) is 0. The van der Waals surface area contributed by atoms with E-state index in [2.05, 4.69) is 4.98 Å². The molecule has 0 atom stereocenters. The van der Waals surface area contributed by atoms with Crippen LogP contribution in [0.1, 0.15) is 5.56 Å². The van der Waals surface area contributed by atoms with Crippen molar-refractivity contribution in [3.63, 3.8) is 0 Å². The van der Waals surface area contributed by atoms with Crippen molar-refractivity contribution < 1.29 is 4.74 Å². The largest absolute Gasteiger partial charge is 0.380 e. The molecule has 0 aliphatic rings. The SMILES string of the molecule is COCc1ccccc1-c1ccc2c(=O)n(-c3cccc4ccccc34)c(=O)[nH]c2c1. The third-order valence-electron chi connectivity index (χ3n) is 5.53. The molecule has 0 spiro atoms. The van der Waals surface area contributed by atoms with Crippen molar-refractivity contribution in [2.45, 2.75) is 6.61 Å². The van der Waals surface area contributed by atoms with E-state index >= 15 is 0 Å². The standard InChI is InChI=1S/C26H20N2O3/c1-31-16-19-8-3-4-10-20(19)18-13-14-22-23(15-18)27-26(30)28(25(22)29)24-12-6-9-17-7-2-5-11-21(17)24/h2-15H,16H2,1H3,(H,27,30). The van der Waals surface area contributed by atoms with E-state index in [0.717, 1.165) is 27.5 Å². The summed E-state index contributed by atoms with van der Waals surface area (Å²) >= 11 is 0. The number of aromatic amines is 1. The summed E-state index contributed by atoms with van der Waals surface area (Å²) in [6, 6.07) is 26.8. The first-order chi connectivity index (χ1) is 15.2. The van der Waals surface area contributed by atoms with E-state index in [1.54, 1.807) is 19.2 Å². The lowest BCUT2D eigenvalue weighted by Gasteiger charge is -2.12. The highest BCUT2D eigenvalue weighted by Gasteiger charge is 2.13. The van der Waals surface area contributed by atoms with Crippen molar-refractivity contribution in [3.05, 3.63) is 111 Å². The van der Waals surface area contributed by atoms with Gasteiger partial charge >= 0.3 is 5.69 Å². The Hall–Kier alpha value is -3.96. The lowest BCUT2D eigenvalue weighted by atomic mass is 9.99. The summed E-state index contributed by atoms with van der Waals surface area (Å²) in [6.07, 6.45) is 0. The van der Waals surface area contributed by atoms with E-state index in [1.165, 1.54) is 4.57 Å². The molecule has 0 radical (unpaired) electrons. The fourth-order valence-corrected chi connectivity index (χ4v) is 4.09. The number of methoxy groups -OCH3 is 1. The maximum atomic E-state index is 13.3. The number of nitrogens with zero attached hydrogens (tertiary/aromatic N) is 1. The van der Waals surface area contributed by atoms with Crippen molar-refractivity contribution in [1.29, 1.82) is 0 Å². The average molecular weight is 408 g/mol. The summed E-state index contributed by atoms with van der Waals surface area (Å²) in [5.41, 5.74) is 3.24. The lowest BCUT2D eigenvalue weighted by Crippen LogP contribution is -2.33. The van der Waals surface area contributed by atoms with E-state index in [0.29, 0.717) is 23.2 Å². The Balaban J connectivity index is 1.73. The number of rotatable bonds is 4. The monoisotopic (exact) mass is 408 g/mol. The van der Waals surface area contributed by atoms with Crippen molar-refractivity contribution in [2.75, 3.05) is 7.11 Å². The van der Waals surface area contributed by atoms with E-state index < -0.39 is 5.69 Å². The van der Waals surface area contributed by atoms with E-state index in [1.807, 2.05) is 72.8 Å². The molecule has 0 fully saturated rings. The number of aromatic nitrogens is 2. The first kappa shape index (κ1) is 19.0. The van der Waals surface area contributed by atoms with Gasteiger partial charge in [-0.25, -0.2) is 9.36 Å². The molecular formula is C26H20N2O3. The van der Waals surface area contributed by atoms with Crippen molar-refractivity contribution in [3.8, 4) is 16.8 Å². The summed E-state index contributed by atoms with van der Waals surface area (Å²) in [7, 11) is 1.66. The summed E-state index contributed by atoms with van der Waals surface area (Å²) < 4.78 is 6.52. The van der Waals surface area contributed by atoms with E-state index in [-0.39, 0.29) is 5.56 Å². The van der Waals surface area contributed by atoms with Crippen LogP contribution in [0.3, 0.4) is 0 Å². The number of ether oxygens (including phenoxy) is 1. The van der Waals surface area contributed by atoms with Crippen LogP contribution >= 0.6 is 0 Å². The van der Waals surface area contributed by atoms with Crippen LogP contribution in [-0.2, 0) is 11.3 Å². The normalized spacial score (nSPS) is 11.3. The molecule has 0 unspecified atom stereocenters. The molecule has 1 heterocycles. The number of fused-ring (bicyclic) bond motifs is 2. The molecule has 5 nitrogen and oxygen atoms in total. The van der Waals surface area contributed by atoms with Gasteiger partial charge in [-0.05, 0) is 40.3 Å². The molecule has 0 aliphatic carbocycles. The molecule has 4 aromatic carbocycles. The Labute approximate surface area is 178 Å². The smallest absolute Gasteiger partial charge is 0.333 e. The van der Waals surface area contributed by atoms with Gasteiger partial charge < -0.3 is 9.72 Å². The molecule has 31 heavy (non-hydrogen) atoms. The van der Waals surface area contributed by atoms with Crippen LogP contribution in [0.4, 0.5) is 0 Å². The maximum Gasteiger partial charge on any atom is 0.333 e. The first-order valence-corrected chi connectivity index (χ1v) is 10.0. The Kier molecular flexibility index (Phi) is 4.73. The lowest BCUT2D eigenvalue weighted by molar-refractivity contribution is 0.185. The van der Waals surface area contributed by atoms with Crippen LogP contribution in [0.15, 0.2) is 94.5 Å². The number of hydrogen-bond donors (Lipinski definition) is 1. The van der Waals surface area contributed by atoms with Crippen LogP contribution in [-0.4, -0.2) is 16.7 Å². The van der Waals surface area contributed by atoms with Gasteiger partial charge in [-0.1, -0.05) is 66.7 Å².